The van der Waals surface area contributed by atoms with Crippen LogP contribution in [0.1, 0.15) is 34.8 Å². The first-order valence-corrected chi connectivity index (χ1v) is 12.0. The lowest BCUT2D eigenvalue weighted by atomic mass is 10.2. The summed E-state index contributed by atoms with van der Waals surface area (Å²) in [7, 11) is 1.52. The second-order valence-corrected chi connectivity index (χ2v) is 8.85. The molecule has 1 N–H and O–H groups in total. The molecule has 3 aromatic carbocycles. The Hall–Kier alpha value is -2.91. The quantitative estimate of drug-likeness (QED) is 0.215. The van der Waals surface area contributed by atoms with Gasteiger partial charge in [0.1, 0.15) is 18.2 Å². The van der Waals surface area contributed by atoms with Gasteiger partial charge in [-0.15, -0.1) is 0 Å². The summed E-state index contributed by atoms with van der Waals surface area (Å²) in [5, 5.41) is 4.04. The number of nitrogens with one attached hydrogen (secondary N) is 1. The van der Waals surface area contributed by atoms with Gasteiger partial charge in [-0.05, 0) is 91.9 Å². The minimum Gasteiger partial charge on any atom is -0.493 e. The fourth-order valence-corrected chi connectivity index (χ4v) is 4.35. The molecular formula is C25H23Br2FN2O4. The van der Waals surface area contributed by atoms with Gasteiger partial charge < -0.3 is 14.2 Å². The van der Waals surface area contributed by atoms with Gasteiger partial charge in [0.15, 0.2) is 11.5 Å². The largest absolute Gasteiger partial charge is 0.493 e. The number of hydrogen-bond donors (Lipinski definition) is 1. The van der Waals surface area contributed by atoms with Crippen molar-refractivity contribution in [2.75, 3.05) is 13.7 Å². The predicted octanol–water partition coefficient (Wildman–Crippen LogP) is 6.49. The fourth-order valence-electron chi connectivity index (χ4n) is 2.90. The summed E-state index contributed by atoms with van der Waals surface area (Å²) in [4.78, 5) is 12.5. The Balaban J connectivity index is 1.63. The van der Waals surface area contributed by atoms with Crippen molar-refractivity contribution in [1.29, 1.82) is 0 Å². The van der Waals surface area contributed by atoms with Crippen LogP contribution in [0.3, 0.4) is 0 Å². The molecule has 0 heterocycles. The average Bonchev–Trinajstić information content (AvgIpc) is 2.83. The highest BCUT2D eigenvalue weighted by Gasteiger charge is 2.12. The van der Waals surface area contributed by atoms with Crippen molar-refractivity contribution in [1.82, 2.24) is 5.43 Å². The van der Waals surface area contributed by atoms with E-state index in [1.54, 1.807) is 30.3 Å². The van der Waals surface area contributed by atoms with Crippen LogP contribution in [0.25, 0.3) is 0 Å². The van der Waals surface area contributed by atoms with Gasteiger partial charge in [-0.25, -0.2) is 9.82 Å². The summed E-state index contributed by atoms with van der Waals surface area (Å²) in [6.45, 7) is 2.86. The number of methoxy groups -OCH3 is 1. The van der Waals surface area contributed by atoms with Crippen molar-refractivity contribution in [2.45, 2.75) is 20.0 Å². The molecule has 0 atom stereocenters. The Morgan fingerprint density at radius 1 is 1.03 bits per heavy atom. The summed E-state index contributed by atoms with van der Waals surface area (Å²) in [5.41, 5.74) is 4.47. The third-order valence-electron chi connectivity index (χ3n) is 4.58. The first kappa shape index (κ1) is 25.7. The number of rotatable bonds is 10. The second kappa shape index (κ2) is 12.5. The molecule has 0 aliphatic carbocycles. The zero-order valence-corrected chi connectivity index (χ0v) is 21.8. The number of carbonyl (C=O) groups is 1. The molecule has 0 spiro atoms. The molecule has 34 heavy (non-hydrogen) atoms. The van der Waals surface area contributed by atoms with E-state index in [9.17, 15) is 9.18 Å². The van der Waals surface area contributed by atoms with Crippen LogP contribution in [-0.2, 0) is 6.61 Å². The van der Waals surface area contributed by atoms with Crippen LogP contribution in [-0.4, -0.2) is 25.8 Å². The average molecular weight is 594 g/mol. The van der Waals surface area contributed by atoms with Crippen LogP contribution in [0.4, 0.5) is 4.39 Å². The molecule has 0 aromatic heterocycles. The zero-order chi connectivity index (χ0) is 24.5. The summed E-state index contributed by atoms with van der Waals surface area (Å²) in [6, 6.07) is 14.7. The maximum atomic E-state index is 13.1. The molecule has 0 aliphatic heterocycles. The lowest BCUT2D eigenvalue weighted by Crippen LogP contribution is -2.17. The smallest absolute Gasteiger partial charge is 0.271 e. The third kappa shape index (κ3) is 7.04. The van der Waals surface area contributed by atoms with E-state index in [1.165, 1.54) is 25.5 Å². The van der Waals surface area contributed by atoms with Gasteiger partial charge in [0.2, 0.25) is 0 Å². The predicted molar refractivity (Wildman–Crippen MR) is 136 cm³/mol. The second-order valence-electron chi connectivity index (χ2n) is 7.14. The van der Waals surface area contributed by atoms with E-state index in [1.807, 2.05) is 19.1 Å². The highest BCUT2D eigenvalue weighted by molar-refractivity contribution is 9.11. The first-order valence-electron chi connectivity index (χ1n) is 10.4. The van der Waals surface area contributed by atoms with Gasteiger partial charge in [-0.1, -0.05) is 19.1 Å². The van der Waals surface area contributed by atoms with Crippen molar-refractivity contribution in [2.24, 2.45) is 5.10 Å². The highest BCUT2D eigenvalue weighted by Crippen LogP contribution is 2.35. The number of amides is 1. The Morgan fingerprint density at radius 3 is 2.38 bits per heavy atom. The minimum atomic E-state index is -0.381. The SMILES string of the molecule is CCCOc1ccc(C(=O)N/N=C/c2cc(Br)c(OCc3ccc(F)cc3)c(Br)c2)cc1OC. The lowest BCUT2D eigenvalue weighted by Gasteiger charge is -2.11. The first-order chi connectivity index (χ1) is 16.4. The Labute approximate surface area is 214 Å². The summed E-state index contributed by atoms with van der Waals surface area (Å²) < 4.78 is 31.2. The number of hydrazone groups is 1. The molecule has 0 saturated heterocycles. The van der Waals surface area contributed by atoms with Crippen molar-refractivity contribution < 1.29 is 23.4 Å². The summed E-state index contributed by atoms with van der Waals surface area (Å²) in [6.07, 6.45) is 2.39. The number of nitrogens with zero attached hydrogens (tertiary/aromatic N) is 1. The summed E-state index contributed by atoms with van der Waals surface area (Å²) in [5.74, 6) is 0.992. The molecule has 0 radical (unpaired) electrons. The molecule has 178 valence electrons. The van der Waals surface area contributed by atoms with E-state index >= 15 is 0 Å². The highest BCUT2D eigenvalue weighted by atomic mass is 79.9. The number of benzene rings is 3. The summed E-state index contributed by atoms with van der Waals surface area (Å²) >= 11 is 6.98. The minimum absolute atomic E-state index is 0.284. The van der Waals surface area contributed by atoms with Gasteiger partial charge in [0.25, 0.3) is 5.91 Å². The van der Waals surface area contributed by atoms with Crippen molar-refractivity contribution in [3.05, 3.63) is 86.1 Å². The fraction of sp³-hybridized carbons (Fsp3) is 0.200. The van der Waals surface area contributed by atoms with Gasteiger partial charge in [0.05, 0.1) is 28.9 Å². The Bertz CT molecular complexity index is 1150. The van der Waals surface area contributed by atoms with Gasteiger partial charge >= 0.3 is 0 Å². The molecule has 6 nitrogen and oxygen atoms in total. The van der Waals surface area contributed by atoms with E-state index in [4.69, 9.17) is 14.2 Å². The van der Waals surface area contributed by atoms with E-state index in [2.05, 4.69) is 42.4 Å². The van der Waals surface area contributed by atoms with Crippen molar-refractivity contribution >= 4 is 44.0 Å². The molecule has 0 aliphatic rings. The van der Waals surface area contributed by atoms with Gasteiger partial charge in [-0.2, -0.15) is 5.10 Å². The van der Waals surface area contributed by atoms with E-state index < -0.39 is 0 Å². The Kier molecular flexibility index (Phi) is 9.47. The standard InChI is InChI=1S/C25H23Br2FN2O4/c1-3-10-33-22-9-6-18(13-23(22)32-2)25(31)30-29-14-17-11-20(26)24(21(27)12-17)34-15-16-4-7-19(28)8-5-16/h4-9,11-14H,3,10,15H2,1-2H3,(H,30,31)/b29-14+. The number of hydrogen-bond acceptors (Lipinski definition) is 5. The Morgan fingerprint density at radius 2 is 1.74 bits per heavy atom. The van der Waals surface area contributed by atoms with E-state index in [0.717, 1.165) is 17.5 Å². The van der Waals surface area contributed by atoms with Crippen LogP contribution in [0.2, 0.25) is 0 Å². The molecule has 0 fully saturated rings. The van der Waals surface area contributed by atoms with Crippen molar-refractivity contribution in [3.8, 4) is 17.2 Å². The molecule has 9 heteroatoms. The van der Waals surface area contributed by atoms with Crippen molar-refractivity contribution in [3.63, 3.8) is 0 Å². The van der Waals surface area contributed by atoms with E-state index in [0.29, 0.717) is 38.4 Å². The van der Waals surface area contributed by atoms with Gasteiger partial charge in [-0.3, -0.25) is 4.79 Å². The van der Waals surface area contributed by atoms with Crippen LogP contribution >= 0.6 is 31.9 Å². The zero-order valence-electron chi connectivity index (χ0n) is 18.6. The normalized spacial score (nSPS) is 10.9. The molecule has 0 unspecified atom stereocenters. The molecule has 0 bridgehead atoms. The maximum absolute atomic E-state index is 13.1. The maximum Gasteiger partial charge on any atom is 0.271 e. The van der Waals surface area contributed by atoms with Crippen LogP contribution < -0.4 is 19.6 Å². The third-order valence-corrected chi connectivity index (χ3v) is 5.76. The molecule has 3 aromatic rings. The molecular weight excluding hydrogens is 571 g/mol. The van der Waals surface area contributed by atoms with Crippen LogP contribution in [0.15, 0.2) is 68.6 Å². The monoisotopic (exact) mass is 592 g/mol. The van der Waals surface area contributed by atoms with Crippen LogP contribution in [0, 0.1) is 5.82 Å². The molecule has 0 saturated carbocycles. The van der Waals surface area contributed by atoms with Gasteiger partial charge in [0, 0.05) is 5.56 Å². The number of carbonyl (C=O) groups excluding carboxylic acids is 1. The lowest BCUT2D eigenvalue weighted by molar-refractivity contribution is 0.0954. The topological polar surface area (TPSA) is 69.2 Å². The molecule has 1 amide bonds. The number of ether oxygens (including phenoxy) is 3. The van der Waals surface area contributed by atoms with E-state index in [-0.39, 0.29) is 18.3 Å². The molecule has 3 rings (SSSR count). The number of halogens is 3. The van der Waals surface area contributed by atoms with Crippen LogP contribution in [0.5, 0.6) is 17.2 Å².